The number of fused-ring (bicyclic) bond motifs is 1. The number of sulfone groups is 1. The van der Waals surface area contributed by atoms with Crippen LogP contribution in [0.3, 0.4) is 0 Å². The van der Waals surface area contributed by atoms with Gasteiger partial charge >= 0.3 is 0 Å². The van der Waals surface area contributed by atoms with Gasteiger partial charge in [-0.25, -0.2) is 8.42 Å². The minimum absolute atomic E-state index is 0.00782. The number of carbonyl (C=O) groups is 1. The Hall–Kier alpha value is -2.80. The summed E-state index contributed by atoms with van der Waals surface area (Å²) in [6.07, 6.45) is 0.462. The molecule has 0 unspecified atom stereocenters. The lowest BCUT2D eigenvalue weighted by molar-refractivity contribution is 0.0711. The SMILES string of the molecule is CN(C(=O)c1ccc(COc2ccc3ccccc3c2)o1)[C@H]1CCS(=O)(=O)C1. The largest absolute Gasteiger partial charge is 0.486 e. The highest BCUT2D eigenvalue weighted by molar-refractivity contribution is 7.91. The minimum atomic E-state index is -3.05. The molecule has 0 saturated carbocycles. The molecule has 7 heteroatoms. The zero-order chi connectivity index (χ0) is 19.7. The highest BCUT2D eigenvalue weighted by Gasteiger charge is 2.33. The average Bonchev–Trinajstić information content (AvgIpc) is 3.31. The number of ether oxygens (including phenoxy) is 1. The first kappa shape index (κ1) is 18.6. The fourth-order valence-corrected chi connectivity index (χ4v) is 5.18. The molecular formula is C21H21NO5S. The van der Waals surface area contributed by atoms with Crippen LogP contribution in [0, 0.1) is 0 Å². The number of furan rings is 1. The van der Waals surface area contributed by atoms with Crippen molar-refractivity contribution in [3.05, 3.63) is 66.1 Å². The van der Waals surface area contributed by atoms with Crippen molar-refractivity contribution in [3.63, 3.8) is 0 Å². The van der Waals surface area contributed by atoms with Gasteiger partial charge in [0.2, 0.25) is 0 Å². The number of hydrogen-bond donors (Lipinski definition) is 0. The fraction of sp³-hybridized carbons (Fsp3) is 0.286. The Morgan fingerprint density at radius 1 is 1.14 bits per heavy atom. The quantitative estimate of drug-likeness (QED) is 0.658. The third-order valence-electron chi connectivity index (χ3n) is 5.05. The lowest BCUT2D eigenvalue weighted by atomic mass is 10.1. The van der Waals surface area contributed by atoms with Gasteiger partial charge in [-0.3, -0.25) is 4.79 Å². The highest BCUT2D eigenvalue weighted by atomic mass is 32.2. The molecule has 4 rings (SSSR count). The minimum Gasteiger partial charge on any atom is -0.486 e. The molecule has 0 bridgehead atoms. The monoisotopic (exact) mass is 399 g/mol. The first-order chi connectivity index (χ1) is 13.4. The second kappa shape index (κ2) is 7.31. The summed E-state index contributed by atoms with van der Waals surface area (Å²) in [5.74, 6) is 1.25. The van der Waals surface area contributed by atoms with Crippen molar-refractivity contribution in [1.29, 1.82) is 0 Å². The van der Waals surface area contributed by atoms with Gasteiger partial charge in [0.1, 0.15) is 18.1 Å². The molecule has 3 aromatic rings. The van der Waals surface area contributed by atoms with Gasteiger partial charge in [0.15, 0.2) is 15.6 Å². The van der Waals surface area contributed by atoms with Crippen molar-refractivity contribution in [2.75, 3.05) is 18.6 Å². The Bertz CT molecular complexity index is 1120. The second-order valence-electron chi connectivity index (χ2n) is 7.04. The Morgan fingerprint density at radius 3 is 2.68 bits per heavy atom. The Balaban J connectivity index is 1.40. The van der Waals surface area contributed by atoms with Crippen LogP contribution in [0.2, 0.25) is 0 Å². The molecule has 1 aliphatic rings. The number of rotatable bonds is 5. The fourth-order valence-electron chi connectivity index (χ4n) is 3.40. The first-order valence-corrected chi connectivity index (χ1v) is 10.9. The van der Waals surface area contributed by atoms with E-state index in [2.05, 4.69) is 0 Å². The van der Waals surface area contributed by atoms with Gasteiger partial charge in [-0.05, 0) is 41.5 Å². The van der Waals surface area contributed by atoms with Crippen molar-refractivity contribution in [2.24, 2.45) is 0 Å². The summed E-state index contributed by atoms with van der Waals surface area (Å²) in [6.45, 7) is 0.202. The van der Waals surface area contributed by atoms with Crippen molar-refractivity contribution in [1.82, 2.24) is 4.90 Å². The summed E-state index contributed by atoms with van der Waals surface area (Å²) in [5.41, 5.74) is 0. The molecule has 1 aliphatic heterocycles. The molecule has 2 heterocycles. The zero-order valence-electron chi connectivity index (χ0n) is 15.5. The van der Waals surface area contributed by atoms with Gasteiger partial charge in [0.25, 0.3) is 5.91 Å². The van der Waals surface area contributed by atoms with Crippen LogP contribution in [0.5, 0.6) is 5.75 Å². The van der Waals surface area contributed by atoms with Gasteiger partial charge in [-0.2, -0.15) is 0 Å². The van der Waals surface area contributed by atoms with Crippen LogP contribution in [0.25, 0.3) is 10.8 Å². The van der Waals surface area contributed by atoms with Gasteiger partial charge in [-0.1, -0.05) is 30.3 Å². The first-order valence-electron chi connectivity index (χ1n) is 9.09. The van der Waals surface area contributed by atoms with E-state index in [0.717, 1.165) is 16.5 Å². The van der Waals surface area contributed by atoms with Crippen LogP contribution in [0.4, 0.5) is 0 Å². The average molecular weight is 399 g/mol. The van der Waals surface area contributed by atoms with Crippen LogP contribution in [-0.4, -0.2) is 43.8 Å². The van der Waals surface area contributed by atoms with Crippen molar-refractivity contribution in [3.8, 4) is 5.75 Å². The number of nitrogens with zero attached hydrogens (tertiary/aromatic N) is 1. The van der Waals surface area contributed by atoms with Crippen LogP contribution < -0.4 is 4.74 Å². The molecule has 1 fully saturated rings. The number of benzene rings is 2. The van der Waals surface area contributed by atoms with Gasteiger partial charge in [0, 0.05) is 13.1 Å². The predicted molar refractivity (Wildman–Crippen MR) is 106 cm³/mol. The Labute approximate surface area is 163 Å². The number of amides is 1. The van der Waals surface area contributed by atoms with Gasteiger partial charge in [-0.15, -0.1) is 0 Å². The van der Waals surface area contributed by atoms with Crippen molar-refractivity contribution < 1.29 is 22.4 Å². The second-order valence-corrected chi connectivity index (χ2v) is 9.27. The molecule has 1 amide bonds. The molecule has 1 aromatic heterocycles. The summed E-state index contributed by atoms with van der Waals surface area (Å²) in [7, 11) is -1.44. The Kier molecular flexibility index (Phi) is 4.85. The number of carbonyl (C=O) groups excluding carboxylic acids is 1. The molecule has 0 spiro atoms. The van der Waals surface area contributed by atoms with Crippen LogP contribution >= 0.6 is 0 Å². The van der Waals surface area contributed by atoms with Gasteiger partial charge in [0.05, 0.1) is 11.5 Å². The van der Waals surface area contributed by atoms with E-state index in [4.69, 9.17) is 9.15 Å². The highest BCUT2D eigenvalue weighted by Crippen LogP contribution is 2.23. The van der Waals surface area contributed by atoms with E-state index in [1.54, 1.807) is 19.2 Å². The maximum absolute atomic E-state index is 12.6. The zero-order valence-corrected chi connectivity index (χ0v) is 16.3. The van der Waals surface area contributed by atoms with Gasteiger partial charge < -0.3 is 14.1 Å². The number of hydrogen-bond acceptors (Lipinski definition) is 5. The third kappa shape index (κ3) is 3.89. The molecule has 1 saturated heterocycles. The standard InChI is InChI=1S/C21H21NO5S/c1-22(17-10-11-28(24,25)14-17)21(23)20-9-8-19(27-20)13-26-18-7-6-15-4-2-3-5-16(15)12-18/h2-9,12,17H,10-11,13-14H2,1H3/t17-/m0/s1. The van der Waals surface area contributed by atoms with E-state index < -0.39 is 9.84 Å². The van der Waals surface area contributed by atoms with E-state index in [0.29, 0.717) is 12.2 Å². The van der Waals surface area contributed by atoms with E-state index in [-0.39, 0.29) is 35.8 Å². The van der Waals surface area contributed by atoms with Crippen LogP contribution in [0.1, 0.15) is 22.7 Å². The normalized spacial score (nSPS) is 18.2. The smallest absolute Gasteiger partial charge is 0.289 e. The lowest BCUT2D eigenvalue weighted by Gasteiger charge is -2.22. The summed E-state index contributed by atoms with van der Waals surface area (Å²) in [6, 6.07) is 16.9. The molecule has 0 radical (unpaired) electrons. The molecular weight excluding hydrogens is 378 g/mol. The van der Waals surface area contributed by atoms with E-state index in [1.807, 2.05) is 42.5 Å². The maximum atomic E-state index is 12.6. The predicted octanol–water partition coefficient (Wildman–Crippen LogP) is 3.27. The topological polar surface area (TPSA) is 76.8 Å². The van der Waals surface area contributed by atoms with E-state index in [9.17, 15) is 13.2 Å². The molecule has 6 nitrogen and oxygen atoms in total. The molecule has 146 valence electrons. The summed E-state index contributed by atoms with van der Waals surface area (Å²) < 4.78 is 34.7. The maximum Gasteiger partial charge on any atom is 0.289 e. The molecule has 1 atom stereocenters. The molecule has 28 heavy (non-hydrogen) atoms. The van der Waals surface area contributed by atoms with E-state index >= 15 is 0 Å². The van der Waals surface area contributed by atoms with Crippen LogP contribution in [0.15, 0.2) is 59.0 Å². The molecule has 0 N–H and O–H groups in total. The molecule has 2 aromatic carbocycles. The summed E-state index contributed by atoms with van der Waals surface area (Å²) >= 11 is 0. The summed E-state index contributed by atoms with van der Waals surface area (Å²) in [5, 5.41) is 2.22. The lowest BCUT2D eigenvalue weighted by Crippen LogP contribution is -2.37. The van der Waals surface area contributed by atoms with Crippen LogP contribution in [-0.2, 0) is 16.4 Å². The summed E-state index contributed by atoms with van der Waals surface area (Å²) in [4.78, 5) is 14.0. The van der Waals surface area contributed by atoms with Crippen molar-refractivity contribution in [2.45, 2.75) is 19.1 Å². The third-order valence-corrected chi connectivity index (χ3v) is 6.80. The van der Waals surface area contributed by atoms with Crippen molar-refractivity contribution >= 4 is 26.5 Å². The molecule has 0 aliphatic carbocycles. The Morgan fingerprint density at radius 2 is 1.93 bits per heavy atom. The van der Waals surface area contributed by atoms with E-state index in [1.165, 1.54) is 4.90 Å².